The maximum atomic E-state index is 12.2. The largest absolute Gasteiger partial charge is 0.300 e. The van der Waals surface area contributed by atoms with Crippen LogP contribution in [0.2, 0.25) is 0 Å². The van der Waals surface area contributed by atoms with Crippen molar-refractivity contribution in [3.05, 3.63) is 58.5 Å². The first-order valence-electron chi connectivity index (χ1n) is 6.01. The van der Waals surface area contributed by atoms with E-state index in [0.29, 0.717) is 11.3 Å². The quantitative estimate of drug-likeness (QED) is 0.502. The van der Waals surface area contributed by atoms with E-state index in [9.17, 15) is 4.79 Å². The second-order valence-corrected chi connectivity index (χ2v) is 5.22. The van der Waals surface area contributed by atoms with E-state index in [-0.39, 0.29) is 5.56 Å². The Morgan fingerprint density at radius 3 is 2.85 bits per heavy atom. The van der Waals surface area contributed by atoms with Crippen LogP contribution in [0.1, 0.15) is 0 Å². The van der Waals surface area contributed by atoms with Crippen LogP contribution in [0.15, 0.2) is 52.9 Å². The SMILES string of the molecule is O=c1nc2c3ccccc3ncn2nc1-c1cccs1. The predicted molar refractivity (Wildman–Crippen MR) is 77.9 cm³/mol. The maximum absolute atomic E-state index is 12.2. The third-order valence-corrected chi connectivity index (χ3v) is 3.92. The van der Waals surface area contributed by atoms with Gasteiger partial charge in [-0.3, -0.25) is 4.79 Å². The van der Waals surface area contributed by atoms with Crippen molar-refractivity contribution in [2.75, 3.05) is 0 Å². The van der Waals surface area contributed by atoms with Gasteiger partial charge in [-0.2, -0.15) is 10.1 Å². The summed E-state index contributed by atoms with van der Waals surface area (Å²) in [4.78, 5) is 21.5. The number of thiophene rings is 1. The van der Waals surface area contributed by atoms with Gasteiger partial charge in [-0.1, -0.05) is 18.2 Å². The molecule has 4 aromatic rings. The third kappa shape index (κ3) is 1.62. The van der Waals surface area contributed by atoms with Crippen LogP contribution in [0, 0.1) is 0 Å². The van der Waals surface area contributed by atoms with Gasteiger partial charge in [-0.15, -0.1) is 11.3 Å². The lowest BCUT2D eigenvalue weighted by Crippen LogP contribution is -2.15. The van der Waals surface area contributed by atoms with Gasteiger partial charge >= 0.3 is 5.56 Å². The van der Waals surface area contributed by atoms with Crippen molar-refractivity contribution >= 4 is 27.9 Å². The number of nitrogens with zero attached hydrogens (tertiary/aromatic N) is 4. The Hall–Kier alpha value is -2.60. The van der Waals surface area contributed by atoms with Crippen LogP contribution in [0.5, 0.6) is 0 Å². The molecule has 0 saturated carbocycles. The maximum Gasteiger partial charge on any atom is 0.300 e. The minimum absolute atomic E-state index is 0.316. The number of fused-ring (bicyclic) bond motifs is 3. The Morgan fingerprint density at radius 2 is 2.00 bits per heavy atom. The highest BCUT2D eigenvalue weighted by atomic mass is 32.1. The molecule has 6 heteroatoms. The van der Waals surface area contributed by atoms with E-state index in [4.69, 9.17) is 0 Å². The molecule has 0 unspecified atom stereocenters. The summed E-state index contributed by atoms with van der Waals surface area (Å²) in [5.74, 6) is 0. The third-order valence-electron chi connectivity index (χ3n) is 3.04. The van der Waals surface area contributed by atoms with Crippen molar-refractivity contribution in [1.82, 2.24) is 19.6 Å². The highest BCUT2D eigenvalue weighted by Gasteiger charge is 2.11. The van der Waals surface area contributed by atoms with Crippen LogP contribution >= 0.6 is 11.3 Å². The molecule has 5 nitrogen and oxygen atoms in total. The molecule has 0 spiro atoms. The fourth-order valence-corrected chi connectivity index (χ4v) is 2.82. The lowest BCUT2D eigenvalue weighted by atomic mass is 10.2. The monoisotopic (exact) mass is 280 g/mol. The number of hydrogen-bond acceptors (Lipinski definition) is 5. The predicted octanol–water partition coefficient (Wildman–Crippen LogP) is 2.37. The van der Waals surface area contributed by atoms with Gasteiger partial charge in [-0.05, 0) is 23.6 Å². The van der Waals surface area contributed by atoms with Crippen molar-refractivity contribution in [3.8, 4) is 10.6 Å². The zero-order valence-electron chi connectivity index (χ0n) is 10.2. The van der Waals surface area contributed by atoms with Crippen molar-refractivity contribution in [3.63, 3.8) is 0 Å². The lowest BCUT2D eigenvalue weighted by molar-refractivity contribution is 0.872. The molecule has 0 N–H and O–H groups in total. The van der Waals surface area contributed by atoms with Crippen molar-refractivity contribution in [1.29, 1.82) is 0 Å². The molecule has 0 aliphatic heterocycles. The van der Waals surface area contributed by atoms with Crippen LogP contribution < -0.4 is 5.56 Å². The molecular weight excluding hydrogens is 272 g/mol. The number of benzene rings is 1. The normalized spacial score (nSPS) is 11.2. The smallest absolute Gasteiger partial charge is 0.265 e. The summed E-state index contributed by atoms with van der Waals surface area (Å²) in [6, 6.07) is 11.3. The summed E-state index contributed by atoms with van der Waals surface area (Å²) < 4.78 is 1.55. The van der Waals surface area contributed by atoms with Crippen molar-refractivity contribution in [2.24, 2.45) is 0 Å². The first-order chi connectivity index (χ1) is 9.83. The molecule has 0 fully saturated rings. The highest BCUT2D eigenvalue weighted by molar-refractivity contribution is 7.13. The number of aromatic nitrogens is 4. The summed E-state index contributed by atoms with van der Waals surface area (Å²) in [7, 11) is 0. The first-order valence-corrected chi connectivity index (χ1v) is 6.89. The topological polar surface area (TPSA) is 60.2 Å². The molecule has 96 valence electrons. The van der Waals surface area contributed by atoms with E-state index >= 15 is 0 Å². The molecule has 3 heterocycles. The summed E-state index contributed by atoms with van der Waals surface area (Å²) >= 11 is 1.47. The Labute approximate surface area is 117 Å². The molecule has 0 radical (unpaired) electrons. The summed E-state index contributed by atoms with van der Waals surface area (Å²) in [6.45, 7) is 0. The van der Waals surface area contributed by atoms with E-state index < -0.39 is 0 Å². The summed E-state index contributed by atoms with van der Waals surface area (Å²) in [5.41, 5.74) is 1.37. The molecule has 20 heavy (non-hydrogen) atoms. The Kier molecular flexibility index (Phi) is 2.37. The van der Waals surface area contributed by atoms with Crippen LogP contribution in [-0.2, 0) is 0 Å². The van der Waals surface area contributed by atoms with Gasteiger partial charge in [0.05, 0.1) is 10.4 Å². The van der Waals surface area contributed by atoms with Gasteiger partial charge in [0.25, 0.3) is 0 Å². The summed E-state index contributed by atoms with van der Waals surface area (Å²) in [5, 5.41) is 7.08. The van der Waals surface area contributed by atoms with Crippen molar-refractivity contribution < 1.29 is 0 Å². The minimum Gasteiger partial charge on any atom is -0.265 e. The average Bonchev–Trinajstić information content (AvgIpc) is 3.00. The number of hydrogen-bond donors (Lipinski definition) is 0. The number of rotatable bonds is 1. The van der Waals surface area contributed by atoms with Gasteiger partial charge in [0.1, 0.15) is 6.33 Å². The zero-order valence-corrected chi connectivity index (χ0v) is 11.0. The standard InChI is InChI=1S/C14H8N4OS/c19-14-12(11-6-3-7-20-11)17-18-8-15-10-5-2-1-4-9(10)13(18)16-14/h1-8H. The lowest BCUT2D eigenvalue weighted by Gasteiger charge is -2.04. The molecule has 0 aliphatic rings. The molecule has 3 aromatic heterocycles. The molecule has 0 bridgehead atoms. The van der Waals surface area contributed by atoms with Gasteiger partial charge in [0, 0.05) is 5.39 Å². The zero-order chi connectivity index (χ0) is 13.5. The second-order valence-electron chi connectivity index (χ2n) is 4.27. The Balaban J connectivity index is 2.11. The molecule has 0 saturated heterocycles. The molecular formula is C14H8N4OS. The molecule has 0 amide bonds. The van der Waals surface area contributed by atoms with Crippen LogP contribution in [0.4, 0.5) is 0 Å². The molecule has 0 atom stereocenters. The van der Waals surface area contributed by atoms with E-state index in [2.05, 4.69) is 15.1 Å². The van der Waals surface area contributed by atoms with Crippen LogP contribution in [-0.4, -0.2) is 19.6 Å². The fourth-order valence-electron chi connectivity index (χ4n) is 2.12. The van der Waals surface area contributed by atoms with E-state index in [0.717, 1.165) is 15.8 Å². The van der Waals surface area contributed by atoms with Gasteiger partial charge in [0.15, 0.2) is 11.3 Å². The minimum atomic E-state index is -0.316. The van der Waals surface area contributed by atoms with E-state index in [1.807, 2.05) is 41.8 Å². The van der Waals surface area contributed by atoms with Crippen LogP contribution in [0.3, 0.4) is 0 Å². The average molecular weight is 280 g/mol. The summed E-state index contributed by atoms with van der Waals surface area (Å²) in [6.07, 6.45) is 1.58. The van der Waals surface area contributed by atoms with Crippen LogP contribution in [0.25, 0.3) is 27.1 Å². The number of para-hydroxylation sites is 1. The first kappa shape index (κ1) is 11.2. The van der Waals surface area contributed by atoms with Crippen molar-refractivity contribution in [2.45, 2.75) is 0 Å². The van der Waals surface area contributed by atoms with Gasteiger partial charge in [-0.25, -0.2) is 9.50 Å². The fraction of sp³-hybridized carbons (Fsp3) is 0. The molecule has 0 aliphatic carbocycles. The Bertz CT molecular complexity index is 975. The van der Waals surface area contributed by atoms with Gasteiger partial charge < -0.3 is 0 Å². The molecule has 4 rings (SSSR count). The molecule has 1 aromatic carbocycles. The second kappa shape index (κ2) is 4.21. The van der Waals surface area contributed by atoms with E-state index in [1.165, 1.54) is 11.3 Å². The Morgan fingerprint density at radius 1 is 1.10 bits per heavy atom. The van der Waals surface area contributed by atoms with E-state index in [1.54, 1.807) is 10.8 Å². The van der Waals surface area contributed by atoms with Gasteiger partial charge in [0.2, 0.25) is 0 Å². The highest BCUT2D eigenvalue weighted by Crippen LogP contribution is 2.20.